The Balaban J connectivity index is 1.64. The van der Waals surface area contributed by atoms with Crippen molar-refractivity contribution in [1.29, 1.82) is 0 Å². The van der Waals surface area contributed by atoms with E-state index in [1.54, 1.807) is 35.7 Å². The molecule has 0 atom stereocenters. The quantitative estimate of drug-likeness (QED) is 0.422. The highest BCUT2D eigenvalue weighted by atomic mass is 16.6. The minimum Gasteiger partial charge on any atom is -0.322 e. The molecule has 0 unspecified atom stereocenters. The molecule has 2 aromatic heterocycles. The highest BCUT2D eigenvalue weighted by molar-refractivity contribution is 6.06. The summed E-state index contributed by atoms with van der Waals surface area (Å²) in [7, 11) is 0. The van der Waals surface area contributed by atoms with Crippen molar-refractivity contribution in [3.8, 4) is 11.3 Å². The van der Waals surface area contributed by atoms with Gasteiger partial charge in [0, 0.05) is 28.4 Å². The molecular weight excluding hydrogens is 372 g/mol. The molecule has 2 aromatic carbocycles. The number of nitro benzene ring substituents is 1. The van der Waals surface area contributed by atoms with Crippen molar-refractivity contribution in [2.24, 2.45) is 0 Å². The molecule has 1 amide bonds. The van der Waals surface area contributed by atoms with Gasteiger partial charge in [-0.3, -0.25) is 14.9 Å². The third-order valence-corrected chi connectivity index (χ3v) is 4.58. The number of fused-ring (bicyclic) bond motifs is 1. The number of hydrogen-bond donors (Lipinski definition) is 1. The Morgan fingerprint density at radius 2 is 1.86 bits per heavy atom. The summed E-state index contributed by atoms with van der Waals surface area (Å²) in [5.41, 5.74) is 3.19. The number of nitrogens with one attached hydrogen (secondary N) is 1. The zero-order valence-electron chi connectivity index (χ0n) is 15.7. The molecule has 0 radical (unpaired) electrons. The SMILES string of the molecule is Cc1c(C(=O)Nc2cccc(-c3ccc4nnc(C)n4n3)c2)cccc1[N+](=O)[O-]. The Bertz CT molecular complexity index is 1260. The van der Waals surface area contributed by atoms with Gasteiger partial charge >= 0.3 is 0 Å². The van der Waals surface area contributed by atoms with Gasteiger partial charge < -0.3 is 5.32 Å². The maximum atomic E-state index is 12.7. The zero-order valence-corrected chi connectivity index (χ0v) is 15.7. The van der Waals surface area contributed by atoms with Crippen LogP contribution in [0.25, 0.3) is 16.9 Å². The number of carbonyl (C=O) groups excluding carboxylic acids is 1. The van der Waals surface area contributed by atoms with Crippen molar-refractivity contribution in [2.45, 2.75) is 13.8 Å². The third-order valence-electron chi connectivity index (χ3n) is 4.58. The Labute approximate surface area is 165 Å². The molecule has 0 spiro atoms. The van der Waals surface area contributed by atoms with Gasteiger partial charge in [0.25, 0.3) is 11.6 Å². The summed E-state index contributed by atoms with van der Waals surface area (Å²) in [6, 6.07) is 15.3. The molecule has 0 aliphatic rings. The van der Waals surface area contributed by atoms with E-state index in [0.717, 1.165) is 5.56 Å². The van der Waals surface area contributed by atoms with Crippen molar-refractivity contribution in [1.82, 2.24) is 19.8 Å². The van der Waals surface area contributed by atoms with E-state index in [1.807, 2.05) is 25.1 Å². The number of hydrogen-bond acceptors (Lipinski definition) is 6. The van der Waals surface area contributed by atoms with Crippen LogP contribution in [0.2, 0.25) is 0 Å². The molecule has 1 N–H and O–H groups in total. The van der Waals surface area contributed by atoms with E-state index in [-0.39, 0.29) is 11.3 Å². The number of amides is 1. The lowest BCUT2D eigenvalue weighted by atomic mass is 10.1. The van der Waals surface area contributed by atoms with Gasteiger partial charge in [0.1, 0.15) is 0 Å². The molecule has 0 saturated heterocycles. The van der Waals surface area contributed by atoms with E-state index < -0.39 is 10.8 Å². The molecule has 4 rings (SSSR count). The molecule has 0 saturated carbocycles. The maximum Gasteiger partial charge on any atom is 0.273 e. The standard InChI is InChI=1S/C20H16N6O3/c1-12-16(7-4-8-18(12)26(28)29)20(27)21-15-6-3-5-14(11-15)17-9-10-19-23-22-13(2)25(19)24-17/h3-11H,1-2H3,(H,21,27). The molecule has 9 heteroatoms. The number of carbonyl (C=O) groups is 1. The average Bonchev–Trinajstić information content (AvgIpc) is 3.08. The number of aromatic nitrogens is 4. The van der Waals surface area contributed by atoms with Crippen molar-refractivity contribution >= 4 is 22.9 Å². The van der Waals surface area contributed by atoms with Crippen LogP contribution in [0.4, 0.5) is 11.4 Å². The van der Waals surface area contributed by atoms with E-state index in [2.05, 4.69) is 20.6 Å². The first-order valence-electron chi connectivity index (χ1n) is 8.79. The van der Waals surface area contributed by atoms with E-state index in [1.165, 1.54) is 12.1 Å². The second kappa shape index (κ2) is 7.12. The Morgan fingerprint density at radius 3 is 2.66 bits per heavy atom. The lowest BCUT2D eigenvalue weighted by Gasteiger charge is -2.09. The zero-order chi connectivity index (χ0) is 20.5. The van der Waals surface area contributed by atoms with Gasteiger partial charge in [-0.2, -0.15) is 9.61 Å². The third kappa shape index (κ3) is 3.41. The fraction of sp³-hybridized carbons (Fsp3) is 0.100. The van der Waals surface area contributed by atoms with Crippen molar-refractivity contribution in [2.75, 3.05) is 5.32 Å². The second-order valence-corrected chi connectivity index (χ2v) is 6.48. The minimum absolute atomic E-state index is 0.0896. The highest BCUT2D eigenvalue weighted by Gasteiger charge is 2.18. The monoisotopic (exact) mass is 388 g/mol. The predicted octanol–water partition coefficient (Wildman–Crippen LogP) is 3.57. The van der Waals surface area contributed by atoms with Crippen LogP contribution in [-0.4, -0.2) is 30.6 Å². The van der Waals surface area contributed by atoms with Gasteiger partial charge in [-0.15, -0.1) is 10.2 Å². The molecule has 4 aromatic rings. The Kier molecular flexibility index (Phi) is 4.47. The summed E-state index contributed by atoms with van der Waals surface area (Å²) < 4.78 is 1.65. The van der Waals surface area contributed by atoms with Crippen molar-refractivity contribution in [3.63, 3.8) is 0 Å². The minimum atomic E-state index is -0.499. The maximum absolute atomic E-state index is 12.7. The molecule has 0 aliphatic heterocycles. The van der Waals surface area contributed by atoms with E-state index >= 15 is 0 Å². The molecule has 2 heterocycles. The van der Waals surface area contributed by atoms with E-state index in [9.17, 15) is 14.9 Å². The van der Waals surface area contributed by atoms with Crippen LogP contribution < -0.4 is 5.32 Å². The predicted molar refractivity (Wildman–Crippen MR) is 107 cm³/mol. The molecule has 0 fully saturated rings. The molecule has 0 bridgehead atoms. The first-order chi connectivity index (χ1) is 13.9. The molecule has 144 valence electrons. The number of anilines is 1. The Hall–Kier alpha value is -4.14. The largest absolute Gasteiger partial charge is 0.322 e. The van der Waals surface area contributed by atoms with Crippen LogP contribution >= 0.6 is 0 Å². The summed E-state index contributed by atoms with van der Waals surface area (Å²) in [6.07, 6.45) is 0. The number of nitro groups is 1. The fourth-order valence-electron chi connectivity index (χ4n) is 3.07. The smallest absolute Gasteiger partial charge is 0.273 e. The van der Waals surface area contributed by atoms with E-state index in [0.29, 0.717) is 28.4 Å². The van der Waals surface area contributed by atoms with Gasteiger partial charge in [0.05, 0.1) is 10.6 Å². The van der Waals surface area contributed by atoms with Crippen LogP contribution in [0.3, 0.4) is 0 Å². The normalized spacial score (nSPS) is 10.8. The summed E-state index contributed by atoms with van der Waals surface area (Å²) in [5, 5.41) is 26.5. The van der Waals surface area contributed by atoms with E-state index in [4.69, 9.17) is 0 Å². The summed E-state index contributed by atoms with van der Waals surface area (Å²) in [5.74, 6) is 0.258. The van der Waals surface area contributed by atoms with Crippen LogP contribution in [0, 0.1) is 24.0 Å². The van der Waals surface area contributed by atoms with Crippen LogP contribution in [0.1, 0.15) is 21.7 Å². The van der Waals surface area contributed by atoms with Gasteiger partial charge in [-0.25, -0.2) is 0 Å². The molecular formula is C20H16N6O3. The lowest BCUT2D eigenvalue weighted by Crippen LogP contribution is -2.14. The molecule has 0 aliphatic carbocycles. The van der Waals surface area contributed by atoms with Crippen molar-refractivity contribution < 1.29 is 9.72 Å². The molecule has 9 nitrogen and oxygen atoms in total. The molecule has 29 heavy (non-hydrogen) atoms. The number of aryl methyl sites for hydroxylation is 1. The summed E-state index contributed by atoms with van der Waals surface area (Å²) >= 11 is 0. The van der Waals surface area contributed by atoms with Gasteiger partial charge in [0.2, 0.25) is 0 Å². The summed E-state index contributed by atoms with van der Waals surface area (Å²) in [6.45, 7) is 3.37. The van der Waals surface area contributed by atoms with Gasteiger partial charge in [-0.1, -0.05) is 18.2 Å². The van der Waals surface area contributed by atoms with Gasteiger partial charge in [0.15, 0.2) is 11.5 Å². The van der Waals surface area contributed by atoms with Crippen molar-refractivity contribution in [3.05, 3.63) is 81.7 Å². The summed E-state index contributed by atoms with van der Waals surface area (Å²) in [4.78, 5) is 23.3. The van der Waals surface area contributed by atoms with Crippen LogP contribution in [-0.2, 0) is 0 Å². The first kappa shape index (κ1) is 18.2. The van der Waals surface area contributed by atoms with Crippen LogP contribution in [0.5, 0.6) is 0 Å². The number of rotatable bonds is 4. The second-order valence-electron chi connectivity index (χ2n) is 6.48. The number of nitrogens with zero attached hydrogens (tertiary/aromatic N) is 5. The van der Waals surface area contributed by atoms with Crippen LogP contribution in [0.15, 0.2) is 54.6 Å². The number of benzene rings is 2. The fourth-order valence-corrected chi connectivity index (χ4v) is 3.07. The average molecular weight is 388 g/mol. The highest BCUT2D eigenvalue weighted by Crippen LogP contribution is 2.24. The topological polar surface area (TPSA) is 115 Å². The first-order valence-corrected chi connectivity index (χ1v) is 8.79. The lowest BCUT2D eigenvalue weighted by molar-refractivity contribution is -0.385. The Morgan fingerprint density at radius 1 is 1.07 bits per heavy atom. The van der Waals surface area contributed by atoms with Gasteiger partial charge in [-0.05, 0) is 44.2 Å².